The van der Waals surface area contributed by atoms with Gasteiger partial charge in [0, 0.05) is 22.7 Å². The molecule has 4 heteroatoms. The molecule has 0 unspecified atom stereocenters. The van der Waals surface area contributed by atoms with Crippen molar-refractivity contribution in [2.45, 2.75) is 19.3 Å². The molecule has 0 aliphatic heterocycles. The van der Waals surface area contributed by atoms with Crippen LogP contribution in [-0.2, 0) is 11.2 Å². The van der Waals surface area contributed by atoms with Crippen LogP contribution in [0.1, 0.15) is 18.6 Å². The summed E-state index contributed by atoms with van der Waals surface area (Å²) in [6, 6.07) is 7.77. The van der Waals surface area contributed by atoms with Gasteiger partial charge in [-0.25, -0.2) is 0 Å². The van der Waals surface area contributed by atoms with E-state index in [0.717, 1.165) is 21.2 Å². The van der Waals surface area contributed by atoms with Gasteiger partial charge in [0.15, 0.2) is 0 Å². The van der Waals surface area contributed by atoms with Gasteiger partial charge in [-0.15, -0.1) is 0 Å². The summed E-state index contributed by atoms with van der Waals surface area (Å²) < 4.78 is 6.60. The van der Waals surface area contributed by atoms with Crippen LogP contribution in [0.25, 0.3) is 11.0 Å². The minimum atomic E-state index is -0.765. The predicted octanol–water partition coefficient (Wildman–Crippen LogP) is 3.60. The number of fused-ring (bicyclic) bond motifs is 1. The number of furan rings is 1. The van der Waals surface area contributed by atoms with Gasteiger partial charge in [-0.05, 0) is 30.7 Å². The number of benzene rings is 1. The molecule has 84 valence electrons. The first-order valence-electron chi connectivity index (χ1n) is 5.05. The fourth-order valence-electron chi connectivity index (χ4n) is 1.61. The molecular formula is C12H11BrO3. The molecule has 0 saturated carbocycles. The van der Waals surface area contributed by atoms with Gasteiger partial charge < -0.3 is 9.52 Å². The van der Waals surface area contributed by atoms with Gasteiger partial charge in [0.25, 0.3) is 0 Å². The van der Waals surface area contributed by atoms with E-state index in [0.29, 0.717) is 12.8 Å². The minimum absolute atomic E-state index is 0.181. The van der Waals surface area contributed by atoms with Crippen LogP contribution >= 0.6 is 15.9 Å². The number of aliphatic carboxylic acids is 1. The van der Waals surface area contributed by atoms with E-state index in [2.05, 4.69) is 15.9 Å². The van der Waals surface area contributed by atoms with Crippen molar-refractivity contribution >= 4 is 32.9 Å². The highest BCUT2D eigenvalue weighted by molar-refractivity contribution is 9.10. The maximum absolute atomic E-state index is 10.4. The van der Waals surface area contributed by atoms with Crippen molar-refractivity contribution in [2.75, 3.05) is 0 Å². The van der Waals surface area contributed by atoms with E-state index >= 15 is 0 Å². The summed E-state index contributed by atoms with van der Waals surface area (Å²) in [5.41, 5.74) is 0.841. The Bertz CT molecular complexity index is 516. The van der Waals surface area contributed by atoms with Crippen LogP contribution < -0.4 is 0 Å². The van der Waals surface area contributed by atoms with Crippen LogP contribution in [0.15, 0.2) is 33.2 Å². The second-order valence-corrected chi connectivity index (χ2v) is 4.56. The molecule has 0 spiro atoms. The number of carbonyl (C=O) groups is 1. The summed E-state index contributed by atoms with van der Waals surface area (Å²) in [6.07, 6.45) is 1.45. The molecule has 0 atom stereocenters. The van der Waals surface area contributed by atoms with Crippen molar-refractivity contribution in [1.29, 1.82) is 0 Å². The zero-order chi connectivity index (χ0) is 11.5. The smallest absolute Gasteiger partial charge is 0.303 e. The third kappa shape index (κ3) is 2.64. The Morgan fingerprint density at radius 1 is 1.38 bits per heavy atom. The van der Waals surface area contributed by atoms with Gasteiger partial charge in [0.05, 0.1) is 0 Å². The van der Waals surface area contributed by atoms with Crippen molar-refractivity contribution in [1.82, 2.24) is 0 Å². The number of hydrogen-bond acceptors (Lipinski definition) is 2. The van der Waals surface area contributed by atoms with Gasteiger partial charge in [-0.3, -0.25) is 4.79 Å². The van der Waals surface area contributed by atoms with Crippen LogP contribution in [0, 0.1) is 0 Å². The zero-order valence-corrected chi connectivity index (χ0v) is 10.2. The van der Waals surface area contributed by atoms with Crippen LogP contribution in [-0.4, -0.2) is 11.1 Å². The lowest BCUT2D eigenvalue weighted by Crippen LogP contribution is -1.94. The molecule has 2 aromatic rings. The van der Waals surface area contributed by atoms with Crippen LogP contribution in [0.3, 0.4) is 0 Å². The average Bonchev–Trinajstić information content (AvgIpc) is 2.58. The van der Waals surface area contributed by atoms with Gasteiger partial charge in [0.1, 0.15) is 11.3 Å². The second-order valence-electron chi connectivity index (χ2n) is 3.64. The number of hydrogen-bond donors (Lipinski definition) is 1. The monoisotopic (exact) mass is 282 g/mol. The van der Waals surface area contributed by atoms with E-state index in [4.69, 9.17) is 9.52 Å². The Morgan fingerprint density at radius 2 is 2.19 bits per heavy atom. The van der Waals surface area contributed by atoms with E-state index in [-0.39, 0.29) is 6.42 Å². The highest BCUT2D eigenvalue weighted by atomic mass is 79.9. The first-order chi connectivity index (χ1) is 7.65. The Morgan fingerprint density at radius 3 is 2.94 bits per heavy atom. The average molecular weight is 283 g/mol. The van der Waals surface area contributed by atoms with E-state index < -0.39 is 5.97 Å². The molecule has 0 radical (unpaired) electrons. The lowest BCUT2D eigenvalue weighted by atomic mass is 10.2. The van der Waals surface area contributed by atoms with E-state index in [9.17, 15) is 4.79 Å². The summed E-state index contributed by atoms with van der Waals surface area (Å²) in [6.45, 7) is 0. The Balaban J connectivity index is 2.10. The summed E-state index contributed by atoms with van der Waals surface area (Å²) in [4.78, 5) is 10.4. The van der Waals surface area contributed by atoms with Crippen LogP contribution in [0.2, 0.25) is 0 Å². The SMILES string of the molecule is O=C(O)CCCc1cc2cc(Br)ccc2o1. The molecule has 0 aliphatic rings. The van der Waals surface area contributed by atoms with Gasteiger partial charge in [-0.1, -0.05) is 15.9 Å². The summed E-state index contributed by atoms with van der Waals surface area (Å²) in [7, 11) is 0. The lowest BCUT2D eigenvalue weighted by molar-refractivity contribution is -0.137. The highest BCUT2D eigenvalue weighted by Crippen LogP contribution is 2.24. The van der Waals surface area contributed by atoms with Crippen molar-refractivity contribution in [2.24, 2.45) is 0 Å². The van der Waals surface area contributed by atoms with Crippen molar-refractivity contribution in [3.63, 3.8) is 0 Å². The minimum Gasteiger partial charge on any atom is -0.481 e. The molecule has 0 aliphatic carbocycles. The predicted molar refractivity (Wildman–Crippen MR) is 64.5 cm³/mol. The second kappa shape index (κ2) is 4.70. The molecule has 1 aromatic heterocycles. The molecule has 0 amide bonds. The number of aryl methyl sites for hydroxylation is 1. The fourth-order valence-corrected chi connectivity index (χ4v) is 1.99. The number of carboxylic acid groups (broad SMARTS) is 1. The van der Waals surface area contributed by atoms with E-state index in [1.165, 1.54) is 0 Å². The van der Waals surface area contributed by atoms with E-state index in [1.807, 2.05) is 24.3 Å². The largest absolute Gasteiger partial charge is 0.481 e. The lowest BCUT2D eigenvalue weighted by Gasteiger charge is -1.92. The van der Waals surface area contributed by atoms with Crippen LogP contribution in [0.5, 0.6) is 0 Å². The number of carboxylic acids is 1. The molecule has 1 heterocycles. The molecule has 0 bridgehead atoms. The maximum atomic E-state index is 10.4. The topological polar surface area (TPSA) is 50.4 Å². The summed E-state index contributed by atoms with van der Waals surface area (Å²) in [5.74, 6) is 0.0770. The summed E-state index contributed by atoms with van der Waals surface area (Å²) >= 11 is 3.39. The fraction of sp³-hybridized carbons (Fsp3) is 0.250. The molecule has 1 N–H and O–H groups in total. The first-order valence-corrected chi connectivity index (χ1v) is 5.84. The van der Waals surface area contributed by atoms with Gasteiger partial charge in [-0.2, -0.15) is 0 Å². The Hall–Kier alpha value is -1.29. The number of rotatable bonds is 4. The molecule has 2 rings (SSSR count). The van der Waals surface area contributed by atoms with Crippen molar-refractivity contribution in [3.05, 3.63) is 34.5 Å². The van der Waals surface area contributed by atoms with Crippen molar-refractivity contribution < 1.29 is 14.3 Å². The third-order valence-corrected chi connectivity index (χ3v) is 2.84. The normalized spacial score (nSPS) is 10.8. The molecule has 1 aromatic carbocycles. The van der Waals surface area contributed by atoms with Gasteiger partial charge in [0.2, 0.25) is 0 Å². The summed E-state index contributed by atoms with van der Waals surface area (Å²) in [5, 5.41) is 9.57. The first kappa shape index (κ1) is 11.2. The molecule has 16 heavy (non-hydrogen) atoms. The van der Waals surface area contributed by atoms with E-state index in [1.54, 1.807) is 0 Å². The highest BCUT2D eigenvalue weighted by Gasteiger charge is 2.05. The van der Waals surface area contributed by atoms with Crippen LogP contribution in [0.4, 0.5) is 0 Å². The molecule has 0 saturated heterocycles. The molecule has 0 fully saturated rings. The standard InChI is InChI=1S/C12H11BrO3/c13-9-4-5-11-8(6-9)7-10(16-11)2-1-3-12(14)15/h4-7H,1-3H2,(H,14,15). The maximum Gasteiger partial charge on any atom is 0.303 e. The zero-order valence-electron chi connectivity index (χ0n) is 8.57. The third-order valence-electron chi connectivity index (χ3n) is 2.34. The Kier molecular flexibility index (Phi) is 3.29. The quantitative estimate of drug-likeness (QED) is 0.932. The molecule has 3 nitrogen and oxygen atoms in total. The number of halogens is 1. The van der Waals surface area contributed by atoms with Crippen molar-refractivity contribution in [3.8, 4) is 0 Å². The Labute approximate surface area is 101 Å². The van der Waals surface area contributed by atoms with Gasteiger partial charge >= 0.3 is 5.97 Å². The molecular weight excluding hydrogens is 272 g/mol.